The summed E-state index contributed by atoms with van der Waals surface area (Å²) in [4.78, 5) is 29.3. The van der Waals surface area contributed by atoms with Gasteiger partial charge >= 0.3 is 0 Å². The van der Waals surface area contributed by atoms with Crippen LogP contribution in [0.15, 0.2) is 0 Å². The summed E-state index contributed by atoms with van der Waals surface area (Å²) in [5.74, 6) is 4.04. The molecular weight excluding hydrogens is 392 g/mol. The van der Waals surface area contributed by atoms with Crippen molar-refractivity contribution in [3.8, 4) is 0 Å². The fourth-order valence-corrected chi connectivity index (χ4v) is 6.04. The van der Waals surface area contributed by atoms with E-state index in [1.807, 2.05) is 16.2 Å². The summed E-state index contributed by atoms with van der Waals surface area (Å²) < 4.78 is 0. The van der Waals surface area contributed by atoms with Gasteiger partial charge in [0.15, 0.2) is 0 Å². The number of hydrogen-bond acceptors (Lipinski definition) is 5. The lowest BCUT2D eigenvalue weighted by atomic mass is 9.89. The number of rotatable bonds is 4. The second kappa shape index (κ2) is 7.45. The second-order valence-corrected chi connectivity index (χ2v) is 9.98. The molecule has 1 saturated carbocycles. The van der Waals surface area contributed by atoms with E-state index in [0.29, 0.717) is 18.2 Å². The van der Waals surface area contributed by atoms with Gasteiger partial charge in [-0.15, -0.1) is 22.9 Å². The first-order valence-corrected chi connectivity index (χ1v) is 11.9. The minimum absolute atomic E-state index is 0.169. The number of aryl methyl sites for hydroxylation is 1. The molecule has 1 atom stereocenters. The van der Waals surface area contributed by atoms with Crippen LogP contribution >= 0.6 is 22.9 Å². The highest BCUT2D eigenvalue weighted by Gasteiger charge is 2.32. The van der Waals surface area contributed by atoms with Gasteiger partial charge in [0, 0.05) is 49.3 Å². The standard InChI is InChI=1S/C21H27ClN4OS/c1-13-2-5-15-16(12-13)28-21-18(15)20(23-19(24-21)14-3-4-14)26-10-8-25(9-11-26)17(27)6-7-22/h13-14H,2-12H2,1H3/t13-/m1/s1. The Hall–Kier alpha value is -1.40. The maximum Gasteiger partial charge on any atom is 0.223 e. The van der Waals surface area contributed by atoms with Crippen molar-refractivity contribution in [2.75, 3.05) is 37.0 Å². The van der Waals surface area contributed by atoms with Gasteiger partial charge in [-0.3, -0.25) is 4.79 Å². The number of aromatic nitrogens is 2. The topological polar surface area (TPSA) is 49.3 Å². The Kier molecular flexibility index (Phi) is 4.95. The van der Waals surface area contributed by atoms with E-state index in [2.05, 4.69) is 11.8 Å². The molecule has 0 N–H and O–H groups in total. The van der Waals surface area contributed by atoms with Gasteiger partial charge in [0.1, 0.15) is 16.5 Å². The third-order valence-electron chi connectivity index (χ3n) is 6.34. The molecule has 2 aromatic heterocycles. The number of hydrogen-bond donors (Lipinski definition) is 0. The van der Waals surface area contributed by atoms with Gasteiger partial charge in [-0.05, 0) is 43.6 Å². The zero-order valence-corrected chi connectivity index (χ0v) is 18.0. The first kappa shape index (κ1) is 18.6. The van der Waals surface area contributed by atoms with Crippen LogP contribution in [0.25, 0.3) is 10.2 Å². The average molecular weight is 419 g/mol. The number of nitrogens with zero attached hydrogens (tertiary/aromatic N) is 4. The smallest absolute Gasteiger partial charge is 0.223 e. The molecule has 1 saturated heterocycles. The average Bonchev–Trinajstić information content (AvgIpc) is 3.48. The van der Waals surface area contributed by atoms with Crippen molar-refractivity contribution < 1.29 is 4.79 Å². The van der Waals surface area contributed by atoms with Gasteiger partial charge in [0.2, 0.25) is 5.91 Å². The van der Waals surface area contributed by atoms with E-state index in [4.69, 9.17) is 21.6 Å². The molecule has 3 heterocycles. The van der Waals surface area contributed by atoms with Crippen LogP contribution in [0.4, 0.5) is 5.82 Å². The monoisotopic (exact) mass is 418 g/mol. The molecule has 3 aliphatic rings. The summed E-state index contributed by atoms with van der Waals surface area (Å²) in [7, 11) is 0. The van der Waals surface area contributed by atoms with Crippen LogP contribution in [-0.2, 0) is 17.6 Å². The van der Waals surface area contributed by atoms with Crippen LogP contribution in [0.1, 0.15) is 54.8 Å². The zero-order chi connectivity index (χ0) is 19.3. The van der Waals surface area contributed by atoms with E-state index >= 15 is 0 Å². The molecule has 0 radical (unpaired) electrons. The number of anilines is 1. The van der Waals surface area contributed by atoms with Crippen molar-refractivity contribution in [3.63, 3.8) is 0 Å². The second-order valence-electron chi connectivity index (χ2n) is 8.52. The van der Waals surface area contributed by atoms with Gasteiger partial charge in [0.05, 0.1) is 5.39 Å². The highest BCUT2D eigenvalue weighted by Crippen LogP contribution is 2.44. The van der Waals surface area contributed by atoms with Gasteiger partial charge in [-0.1, -0.05) is 6.92 Å². The number of piperazine rings is 1. The predicted molar refractivity (Wildman–Crippen MR) is 115 cm³/mol. The van der Waals surface area contributed by atoms with Crippen molar-refractivity contribution in [1.29, 1.82) is 0 Å². The number of amides is 1. The lowest BCUT2D eigenvalue weighted by Crippen LogP contribution is -2.49. The molecule has 2 aromatic rings. The maximum atomic E-state index is 12.2. The van der Waals surface area contributed by atoms with Crippen LogP contribution < -0.4 is 4.90 Å². The normalized spacial score (nSPS) is 22.6. The van der Waals surface area contributed by atoms with Crippen molar-refractivity contribution in [2.45, 2.75) is 51.4 Å². The Balaban J connectivity index is 1.49. The molecule has 1 amide bonds. The van der Waals surface area contributed by atoms with E-state index in [9.17, 15) is 4.79 Å². The molecule has 5 rings (SSSR count). The molecule has 150 valence electrons. The molecule has 0 aromatic carbocycles. The number of alkyl halides is 1. The van der Waals surface area contributed by atoms with Crippen LogP contribution in [-0.4, -0.2) is 52.8 Å². The van der Waals surface area contributed by atoms with Gasteiger partial charge in [0.25, 0.3) is 0 Å². The highest BCUT2D eigenvalue weighted by molar-refractivity contribution is 7.19. The quantitative estimate of drug-likeness (QED) is 0.705. The largest absolute Gasteiger partial charge is 0.352 e. The number of halogens is 1. The summed E-state index contributed by atoms with van der Waals surface area (Å²) in [5.41, 5.74) is 1.50. The zero-order valence-electron chi connectivity index (χ0n) is 16.4. The lowest BCUT2D eigenvalue weighted by Gasteiger charge is -2.36. The lowest BCUT2D eigenvalue weighted by molar-refractivity contribution is -0.131. The van der Waals surface area contributed by atoms with Crippen molar-refractivity contribution in [1.82, 2.24) is 14.9 Å². The SMILES string of the molecule is C[C@@H]1CCc2c(sc3nc(C4CC4)nc(N4CCN(C(=O)CCCl)CC4)c23)C1. The summed E-state index contributed by atoms with van der Waals surface area (Å²) in [6.45, 7) is 5.54. The first-order chi connectivity index (χ1) is 13.6. The molecule has 28 heavy (non-hydrogen) atoms. The molecule has 0 unspecified atom stereocenters. The molecule has 0 spiro atoms. The fraction of sp³-hybridized carbons (Fsp3) is 0.667. The first-order valence-electron chi connectivity index (χ1n) is 10.5. The fourth-order valence-electron chi connectivity index (χ4n) is 4.50. The van der Waals surface area contributed by atoms with Crippen LogP contribution in [0, 0.1) is 5.92 Å². The van der Waals surface area contributed by atoms with Gasteiger partial charge in [-0.25, -0.2) is 9.97 Å². The molecule has 1 aliphatic heterocycles. The summed E-state index contributed by atoms with van der Waals surface area (Å²) in [5, 5.41) is 1.30. The molecule has 2 aliphatic carbocycles. The Morgan fingerprint density at radius 2 is 1.96 bits per heavy atom. The number of fused-ring (bicyclic) bond motifs is 3. The van der Waals surface area contributed by atoms with E-state index in [1.165, 1.54) is 46.3 Å². The number of carbonyl (C=O) groups excluding carboxylic acids is 1. The van der Waals surface area contributed by atoms with Gasteiger partial charge in [-0.2, -0.15) is 0 Å². The van der Waals surface area contributed by atoms with Crippen molar-refractivity contribution in [2.24, 2.45) is 5.92 Å². The Morgan fingerprint density at radius 1 is 1.18 bits per heavy atom. The Labute approximate surface area is 175 Å². The molecule has 5 nitrogen and oxygen atoms in total. The number of carbonyl (C=O) groups is 1. The van der Waals surface area contributed by atoms with Crippen molar-refractivity contribution >= 4 is 44.9 Å². The molecule has 2 fully saturated rings. The third-order valence-corrected chi connectivity index (χ3v) is 7.67. The minimum Gasteiger partial charge on any atom is -0.352 e. The third kappa shape index (κ3) is 3.39. The van der Waals surface area contributed by atoms with E-state index < -0.39 is 0 Å². The van der Waals surface area contributed by atoms with Crippen molar-refractivity contribution in [3.05, 3.63) is 16.3 Å². The molecule has 7 heteroatoms. The summed E-state index contributed by atoms with van der Waals surface area (Å²) in [6.07, 6.45) is 6.44. The minimum atomic E-state index is 0.169. The Morgan fingerprint density at radius 3 is 2.68 bits per heavy atom. The highest BCUT2D eigenvalue weighted by atomic mass is 35.5. The maximum absolute atomic E-state index is 12.2. The van der Waals surface area contributed by atoms with E-state index in [-0.39, 0.29) is 5.91 Å². The summed E-state index contributed by atoms with van der Waals surface area (Å²) in [6, 6.07) is 0. The van der Waals surface area contributed by atoms with E-state index in [1.54, 1.807) is 0 Å². The summed E-state index contributed by atoms with van der Waals surface area (Å²) >= 11 is 7.65. The van der Waals surface area contributed by atoms with E-state index in [0.717, 1.165) is 50.2 Å². The predicted octanol–water partition coefficient (Wildman–Crippen LogP) is 3.97. The van der Waals surface area contributed by atoms with Crippen LogP contribution in [0.3, 0.4) is 0 Å². The Bertz CT molecular complexity index is 901. The van der Waals surface area contributed by atoms with Crippen LogP contribution in [0.2, 0.25) is 0 Å². The molecular formula is C21H27ClN4OS. The number of thiophene rings is 1. The molecule has 0 bridgehead atoms. The van der Waals surface area contributed by atoms with Crippen LogP contribution in [0.5, 0.6) is 0 Å². The van der Waals surface area contributed by atoms with Gasteiger partial charge < -0.3 is 9.80 Å².